The van der Waals surface area contributed by atoms with Gasteiger partial charge in [0.2, 0.25) is 7.42 Å². The lowest BCUT2D eigenvalue weighted by Crippen LogP contribution is -1.94. The summed E-state index contributed by atoms with van der Waals surface area (Å²) < 4.78 is 0. The van der Waals surface area contributed by atoms with Crippen LogP contribution in [-0.4, -0.2) is 17.7 Å². The first kappa shape index (κ1) is 9.01. The van der Waals surface area contributed by atoms with E-state index in [-0.39, 0.29) is 0 Å². The maximum Gasteiger partial charge on any atom is 0.237 e. The molecule has 0 aliphatic rings. The monoisotopic (exact) mass is 186 g/mol. The van der Waals surface area contributed by atoms with Gasteiger partial charge in [0.1, 0.15) is 0 Å². The Morgan fingerprint density at radius 2 is 2.12 bits per heavy atom. The van der Waals surface area contributed by atoms with Crippen LogP contribution in [0.5, 0.6) is 0 Å². The summed E-state index contributed by atoms with van der Waals surface area (Å²) in [4.78, 5) is 0. The number of hydrogen-bond donors (Lipinski definition) is 0. The van der Waals surface area contributed by atoms with Crippen molar-refractivity contribution in [3.05, 3.63) is 0 Å². The van der Waals surface area contributed by atoms with Gasteiger partial charge in [-0.3, -0.25) is 0 Å². The fourth-order valence-corrected chi connectivity index (χ4v) is 3.13. The van der Waals surface area contributed by atoms with E-state index in [9.17, 15) is 0 Å². The lowest BCUT2D eigenvalue weighted by molar-refractivity contribution is 0.876. The molecule has 0 radical (unpaired) electrons. The Hall–Kier alpha value is 1.01. The minimum atomic E-state index is -1.26. The molecule has 1 atom stereocenters. The van der Waals surface area contributed by atoms with Crippen molar-refractivity contribution < 1.29 is 0 Å². The molecule has 0 nitrogen and oxygen atoms in total. The first-order chi connectivity index (χ1) is 3.63. The molecule has 0 aliphatic carbocycles. The molecule has 0 bridgehead atoms. The molecule has 0 aromatic carbocycles. The Labute approximate surface area is 65.0 Å². The number of rotatable bonds is 3. The summed E-state index contributed by atoms with van der Waals surface area (Å²) in [5, 5.41) is 0. The van der Waals surface area contributed by atoms with Crippen molar-refractivity contribution >= 4 is 39.8 Å². The zero-order chi connectivity index (χ0) is 6.57. The third-order valence-corrected chi connectivity index (χ3v) is 3.62. The molecule has 50 valence electrons. The van der Waals surface area contributed by atoms with Gasteiger partial charge in [0.05, 0.1) is 0 Å². The average Bonchev–Trinajstić information content (AvgIpc) is 1.61. The van der Waals surface area contributed by atoms with Gasteiger partial charge < -0.3 is 0 Å². The van der Waals surface area contributed by atoms with Gasteiger partial charge in [-0.15, -0.1) is 0 Å². The van der Waals surface area contributed by atoms with Crippen molar-refractivity contribution in [2.75, 3.05) is 0 Å². The highest BCUT2D eigenvalue weighted by Crippen LogP contribution is 2.13. The molecule has 0 saturated heterocycles. The van der Waals surface area contributed by atoms with E-state index in [0.717, 1.165) is 11.6 Å². The number of hydrogen-bond acceptors (Lipinski definition) is 0. The van der Waals surface area contributed by atoms with Gasteiger partial charge in [-0.1, -0.05) is 18.9 Å². The van der Waals surface area contributed by atoms with Crippen LogP contribution in [0.4, 0.5) is 0 Å². The molecule has 0 amide bonds. The molecule has 0 aliphatic heterocycles. The van der Waals surface area contributed by atoms with Gasteiger partial charge in [0.15, 0.2) is 0 Å². The second kappa shape index (κ2) is 4.85. The second-order valence-electron chi connectivity index (χ2n) is 2.36. The zero-order valence-corrected chi connectivity index (χ0v) is 9.99. The van der Waals surface area contributed by atoms with E-state index < -0.39 is 7.42 Å². The quantitative estimate of drug-likeness (QED) is 0.461. The zero-order valence-electron chi connectivity index (χ0n) is 5.32. The van der Waals surface area contributed by atoms with Crippen LogP contribution in [0.2, 0.25) is 11.6 Å². The van der Waals surface area contributed by atoms with Crippen molar-refractivity contribution in [3.63, 3.8) is 0 Å². The van der Waals surface area contributed by atoms with Crippen molar-refractivity contribution in [1.29, 1.82) is 0 Å². The molecule has 1 unspecified atom stereocenters. The molecule has 0 N–H and O–H groups in total. The molecule has 0 heterocycles. The first-order valence-electron chi connectivity index (χ1n) is 2.91. The lowest BCUT2D eigenvalue weighted by atomic mass is 10.4. The predicted octanol–water partition coefficient (Wildman–Crippen LogP) is 1.25. The topological polar surface area (TPSA) is 0 Å². The maximum absolute atomic E-state index is 5.64. The van der Waals surface area contributed by atoms with Gasteiger partial charge >= 0.3 is 0 Å². The molecule has 0 saturated carbocycles. The van der Waals surface area contributed by atoms with Crippen LogP contribution in [-0.2, 0) is 0 Å². The Morgan fingerprint density at radius 3 is 2.25 bits per heavy atom. The van der Waals surface area contributed by atoms with Crippen molar-refractivity contribution in [1.82, 2.24) is 0 Å². The summed E-state index contributed by atoms with van der Waals surface area (Å²) in [7, 11) is 0.0194. The minimum absolute atomic E-state index is 0.891. The summed E-state index contributed by atoms with van der Waals surface area (Å²) in [6.07, 6.45) is 1.25. The molecule has 0 spiro atoms. The smallest absolute Gasteiger partial charge is 0.150 e. The largest absolute Gasteiger partial charge is 0.237 e. The van der Waals surface area contributed by atoms with E-state index in [1.165, 1.54) is 16.7 Å². The van der Waals surface area contributed by atoms with Crippen LogP contribution in [0, 0.1) is 0 Å². The van der Waals surface area contributed by atoms with Crippen LogP contribution in [0.3, 0.4) is 0 Å². The van der Waals surface area contributed by atoms with Gasteiger partial charge in [-0.25, -0.2) is 0 Å². The summed E-state index contributed by atoms with van der Waals surface area (Å²) in [5.41, 5.74) is 0.891. The van der Waals surface area contributed by atoms with Gasteiger partial charge in [-0.2, -0.15) is 22.2 Å². The standard InChI is InChI=1S/C4H12Cl2Si2/c1-4(7)2-3-8(5)6/h4,8H,2-3H2,1,7H3. The second-order valence-corrected chi connectivity index (χ2v) is 9.52. The SMILES string of the molecule is CC([SiH3])CC[SiH](Cl)Cl. The Bertz CT molecular complexity index is 48.0. The molecular formula is C4H12Cl2Si2. The normalized spacial score (nSPS) is 15.0. The molecule has 0 fully saturated rings. The van der Waals surface area contributed by atoms with Crippen LogP contribution in [0.1, 0.15) is 13.3 Å². The summed E-state index contributed by atoms with van der Waals surface area (Å²) in [6.45, 7) is 2.25. The summed E-state index contributed by atoms with van der Waals surface area (Å²) in [6, 6.07) is 1.09. The Kier molecular flexibility index (Phi) is 5.47. The van der Waals surface area contributed by atoms with Crippen LogP contribution in [0.15, 0.2) is 0 Å². The van der Waals surface area contributed by atoms with E-state index in [2.05, 4.69) is 6.92 Å². The summed E-state index contributed by atoms with van der Waals surface area (Å²) in [5.74, 6) is 0. The lowest BCUT2D eigenvalue weighted by Gasteiger charge is -2.01. The molecule has 0 rings (SSSR count). The highest BCUT2D eigenvalue weighted by atomic mass is 35.7. The minimum Gasteiger partial charge on any atom is -0.150 e. The van der Waals surface area contributed by atoms with Crippen molar-refractivity contribution in [2.24, 2.45) is 0 Å². The average molecular weight is 187 g/mol. The van der Waals surface area contributed by atoms with E-state index in [1.807, 2.05) is 0 Å². The van der Waals surface area contributed by atoms with E-state index in [1.54, 1.807) is 0 Å². The van der Waals surface area contributed by atoms with Crippen molar-refractivity contribution in [3.8, 4) is 0 Å². The molecule has 0 aromatic heterocycles. The molecule has 0 aromatic rings. The highest BCUT2D eigenvalue weighted by molar-refractivity contribution is 7.33. The van der Waals surface area contributed by atoms with E-state index in [0.29, 0.717) is 0 Å². The van der Waals surface area contributed by atoms with Crippen LogP contribution >= 0.6 is 22.2 Å². The first-order valence-corrected chi connectivity index (χ1v) is 8.37. The molecular weight excluding hydrogens is 175 g/mol. The molecule has 8 heavy (non-hydrogen) atoms. The number of halogens is 2. The van der Waals surface area contributed by atoms with E-state index >= 15 is 0 Å². The maximum atomic E-state index is 5.64. The third-order valence-electron chi connectivity index (χ3n) is 0.962. The summed E-state index contributed by atoms with van der Waals surface area (Å²) >= 11 is 11.3. The molecule has 4 heteroatoms. The Morgan fingerprint density at radius 1 is 1.62 bits per heavy atom. The van der Waals surface area contributed by atoms with Gasteiger partial charge in [-0.05, 0) is 6.04 Å². The Balaban J connectivity index is 2.93. The predicted molar refractivity (Wildman–Crippen MR) is 47.6 cm³/mol. The fourth-order valence-electron chi connectivity index (χ4n) is 0.459. The van der Waals surface area contributed by atoms with E-state index in [4.69, 9.17) is 22.2 Å². The van der Waals surface area contributed by atoms with Crippen molar-refractivity contribution in [2.45, 2.75) is 24.9 Å². The third kappa shape index (κ3) is 7.01. The van der Waals surface area contributed by atoms with Gasteiger partial charge in [0, 0.05) is 10.2 Å². The van der Waals surface area contributed by atoms with Crippen LogP contribution in [0.25, 0.3) is 0 Å². The van der Waals surface area contributed by atoms with Gasteiger partial charge in [0.25, 0.3) is 0 Å². The van der Waals surface area contributed by atoms with Crippen LogP contribution < -0.4 is 0 Å². The fraction of sp³-hybridized carbons (Fsp3) is 1.00. The highest BCUT2D eigenvalue weighted by Gasteiger charge is 2.02.